The number of halogens is 1. The first-order valence-corrected chi connectivity index (χ1v) is 6.47. The van der Waals surface area contributed by atoms with Gasteiger partial charge in [0.05, 0.1) is 11.2 Å². The molecule has 1 heterocycles. The van der Waals surface area contributed by atoms with Gasteiger partial charge in [-0.15, -0.1) is 0 Å². The molecule has 0 aliphatic carbocycles. The molecule has 0 aliphatic rings. The Bertz CT molecular complexity index is 797. The molecule has 0 saturated heterocycles. The average Bonchev–Trinajstić information content (AvgIpc) is 2.89. The minimum absolute atomic E-state index is 0.266. The number of H-pyrrole nitrogens is 1. The summed E-state index contributed by atoms with van der Waals surface area (Å²) in [6.45, 7) is -0.266. The normalized spacial score (nSPS) is 10.7. The predicted octanol–water partition coefficient (Wildman–Crippen LogP) is 3.47. The summed E-state index contributed by atoms with van der Waals surface area (Å²) in [4.78, 5) is 13.9. The Labute approximate surface area is 120 Å². The van der Waals surface area contributed by atoms with Gasteiger partial charge in [0, 0.05) is 11.1 Å². The number of aliphatic carboxylic acids is 1. The maximum Gasteiger partial charge on any atom is 0.322 e. The topological polar surface area (TPSA) is 65.1 Å². The molecule has 0 aliphatic heterocycles. The van der Waals surface area contributed by atoms with E-state index in [0.29, 0.717) is 16.6 Å². The predicted molar refractivity (Wildman–Crippen MR) is 79.8 cm³/mol. The van der Waals surface area contributed by atoms with Crippen LogP contribution in [0.3, 0.4) is 0 Å². The van der Waals surface area contributed by atoms with Crippen molar-refractivity contribution in [3.05, 3.63) is 54.3 Å². The second-order valence-corrected chi connectivity index (χ2v) is 4.71. The first-order valence-electron chi connectivity index (χ1n) is 6.47. The maximum atomic E-state index is 13.6. The van der Waals surface area contributed by atoms with Gasteiger partial charge in [-0.25, -0.2) is 4.39 Å². The average molecular weight is 284 g/mol. The summed E-state index contributed by atoms with van der Waals surface area (Å²) in [5.74, 6) is -1.41. The van der Waals surface area contributed by atoms with E-state index < -0.39 is 11.8 Å². The molecule has 0 spiro atoms. The molecule has 0 amide bonds. The largest absolute Gasteiger partial charge is 0.480 e. The number of benzene rings is 2. The van der Waals surface area contributed by atoms with Crippen molar-refractivity contribution in [3.63, 3.8) is 0 Å². The molecule has 1 aromatic heterocycles. The molecular formula is C16H13FN2O2. The number of hydrogen-bond acceptors (Lipinski definition) is 2. The Balaban J connectivity index is 2.08. The summed E-state index contributed by atoms with van der Waals surface area (Å²) in [5, 5.41) is 12.2. The van der Waals surface area contributed by atoms with Crippen molar-refractivity contribution < 1.29 is 14.3 Å². The van der Waals surface area contributed by atoms with Gasteiger partial charge in [0.1, 0.15) is 12.4 Å². The molecule has 21 heavy (non-hydrogen) atoms. The lowest BCUT2D eigenvalue weighted by Gasteiger charge is -2.05. The van der Waals surface area contributed by atoms with E-state index in [9.17, 15) is 9.18 Å². The van der Waals surface area contributed by atoms with Crippen LogP contribution in [0.4, 0.5) is 10.1 Å². The van der Waals surface area contributed by atoms with Crippen molar-refractivity contribution in [3.8, 4) is 11.3 Å². The fraction of sp³-hybridized carbons (Fsp3) is 0.0625. The van der Waals surface area contributed by atoms with E-state index in [1.54, 1.807) is 0 Å². The molecule has 0 bridgehead atoms. The molecule has 0 atom stereocenters. The Morgan fingerprint density at radius 1 is 1.19 bits per heavy atom. The highest BCUT2D eigenvalue weighted by molar-refractivity contribution is 5.95. The van der Waals surface area contributed by atoms with E-state index in [0.717, 1.165) is 11.3 Å². The van der Waals surface area contributed by atoms with E-state index in [-0.39, 0.29) is 6.54 Å². The molecule has 0 unspecified atom stereocenters. The first-order chi connectivity index (χ1) is 10.1. The molecule has 4 nitrogen and oxygen atoms in total. The number of aromatic nitrogens is 1. The molecule has 0 saturated carbocycles. The van der Waals surface area contributed by atoms with Crippen LogP contribution in [-0.2, 0) is 4.79 Å². The highest BCUT2D eigenvalue weighted by atomic mass is 19.1. The summed E-state index contributed by atoms with van der Waals surface area (Å²) >= 11 is 0. The summed E-state index contributed by atoms with van der Waals surface area (Å²) in [5.41, 5.74) is 2.97. The third-order valence-electron chi connectivity index (χ3n) is 3.21. The quantitative estimate of drug-likeness (QED) is 0.687. The summed E-state index contributed by atoms with van der Waals surface area (Å²) < 4.78 is 13.6. The van der Waals surface area contributed by atoms with E-state index in [4.69, 9.17) is 5.11 Å². The molecular weight excluding hydrogens is 271 g/mol. The third kappa shape index (κ3) is 2.72. The summed E-state index contributed by atoms with van der Waals surface area (Å²) in [6.07, 6.45) is 0. The number of fused-ring (bicyclic) bond motifs is 1. The summed E-state index contributed by atoms with van der Waals surface area (Å²) in [6, 6.07) is 14.2. The number of aromatic amines is 1. The van der Waals surface area contributed by atoms with E-state index in [1.807, 2.05) is 36.4 Å². The Morgan fingerprint density at radius 3 is 2.67 bits per heavy atom. The minimum atomic E-state index is -0.998. The van der Waals surface area contributed by atoms with Crippen molar-refractivity contribution in [2.75, 3.05) is 11.9 Å². The highest BCUT2D eigenvalue weighted by Crippen LogP contribution is 2.29. The van der Waals surface area contributed by atoms with Gasteiger partial charge in [-0.05, 0) is 23.8 Å². The molecule has 3 rings (SSSR count). The van der Waals surface area contributed by atoms with Gasteiger partial charge >= 0.3 is 5.97 Å². The van der Waals surface area contributed by atoms with Crippen molar-refractivity contribution >= 4 is 22.6 Å². The van der Waals surface area contributed by atoms with Crippen LogP contribution in [0.2, 0.25) is 0 Å². The van der Waals surface area contributed by atoms with Crippen LogP contribution >= 0.6 is 0 Å². The van der Waals surface area contributed by atoms with Crippen LogP contribution in [0.25, 0.3) is 22.2 Å². The van der Waals surface area contributed by atoms with Gasteiger partial charge in [0.25, 0.3) is 0 Å². The first kappa shape index (κ1) is 13.2. The van der Waals surface area contributed by atoms with Crippen molar-refractivity contribution in [2.45, 2.75) is 0 Å². The fourth-order valence-electron chi connectivity index (χ4n) is 2.29. The zero-order valence-corrected chi connectivity index (χ0v) is 11.1. The van der Waals surface area contributed by atoms with Gasteiger partial charge in [-0.1, -0.05) is 30.3 Å². The van der Waals surface area contributed by atoms with Crippen LogP contribution in [-0.4, -0.2) is 22.6 Å². The number of anilines is 1. The SMILES string of the molecule is O=C(O)CNc1cc(F)cc2cc(-c3ccccc3)[nH]c12. The van der Waals surface area contributed by atoms with E-state index in [1.165, 1.54) is 12.1 Å². The smallest absolute Gasteiger partial charge is 0.322 e. The zero-order valence-electron chi connectivity index (χ0n) is 11.1. The Morgan fingerprint density at radius 2 is 1.95 bits per heavy atom. The van der Waals surface area contributed by atoms with Crippen molar-refractivity contribution in [1.29, 1.82) is 0 Å². The van der Waals surface area contributed by atoms with Gasteiger partial charge < -0.3 is 15.4 Å². The Hall–Kier alpha value is -2.82. The lowest BCUT2D eigenvalue weighted by atomic mass is 10.1. The monoisotopic (exact) mass is 284 g/mol. The van der Waals surface area contributed by atoms with Gasteiger partial charge in [-0.3, -0.25) is 4.79 Å². The minimum Gasteiger partial charge on any atom is -0.480 e. The second-order valence-electron chi connectivity index (χ2n) is 4.71. The van der Waals surface area contributed by atoms with Crippen molar-refractivity contribution in [1.82, 2.24) is 4.98 Å². The van der Waals surface area contributed by atoms with Gasteiger partial charge in [-0.2, -0.15) is 0 Å². The number of carbonyl (C=O) groups is 1. The van der Waals surface area contributed by atoms with E-state index >= 15 is 0 Å². The Kier molecular flexibility index (Phi) is 3.31. The van der Waals surface area contributed by atoms with Crippen LogP contribution < -0.4 is 5.32 Å². The van der Waals surface area contributed by atoms with Crippen LogP contribution in [0.15, 0.2) is 48.5 Å². The lowest BCUT2D eigenvalue weighted by molar-refractivity contribution is -0.134. The number of carboxylic acid groups (broad SMARTS) is 1. The summed E-state index contributed by atoms with van der Waals surface area (Å²) in [7, 11) is 0. The fourth-order valence-corrected chi connectivity index (χ4v) is 2.29. The molecule has 0 radical (unpaired) electrons. The highest BCUT2D eigenvalue weighted by Gasteiger charge is 2.10. The molecule has 106 valence electrons. The number of rotatable bonds is 4. The van der Waals surface area contributed by atoms with E-state index in [2.05, 4.69) is 10.3 Å². The number of hydrogen-bond donors (Lipinski definition) is 3. The van der Waals surface area contributed by atoms with Crippen LogP contribution in [0.1, 0.15) is 0 Å². The maximum absolute atomic E-state index is 13.6. The molecule has 3 aromatic rings. The van der Waals surface area contributed by atoms with Crippen LogP contribution in [0.5, 0.6) is 0 Å². The molecule has 5 heteroatoms. The molecule has 0 fully saturated rings. The standard InChI is InChI=1S/C16H13FN2O2/c17-12-6-11-7-13(10-4-2-1-3-5-10)19-16(11)14(8-12)18-9-15(20)21/h1-8,18-19H,9H2,(H,20,21). The van der Waals surface area contributed by atoms with Gasteiger partial charge in [0.15, 0.2) is 0 Å². The second kappa shape index (κ2) is 5.28. The number of nitrogens with one attached hydrogen (secondary N) is 2. The molecule has 3 N–H and O–H groups in total. The van der Waals surface area contributed by atoms with Gasteiger partial charge in [0.2, 0.25) is 0 Å². The number of carboxylic acids is 1. The van der Waals surface area contributed by atoms with Crippen molar-refractivity contribution in [2.24, 2.45) is 0 Å². The molecule has 2 aromatic carbocycles. The zero-order chi connectivity index (χ0) is 14.8. The van der Waals surface area contributed by atoms with Crippen LogP contribution in [0, 0.1) is 5.82 Å². The third-order valence-corrected chi connectivity index (χ3v) is 3.21. The lowest BCUT2D eigenvalue weighted by Crippen LogP contribution is -2.12.